The number of fused-ring (bicyclic) bond motifs is 1. The van der Waals surface area contributed by atoms with Gasteiger partial charge in [-0.25, -0.2) is 0 Å². The number of aliphatic hydroxyl groups excluding tert-OH is 1. The molecule has 1 aromatic rings. The standard InChI is InChI=1S/C14H21NO4/c1-17-10-12(16)5-6-15-9-11-3-2-4-13-14(11)19-8-7-18-13/h2-4,12,15-16H,5-10H2,1H3. The van der Waals surface area contributed by atoms with E-state index in [0.29, 0.717) is 32.8 Å². The van der Waals surface area contributed by atoms with Crippen molar-refractivity contribution >= 4 is 0 Å². The lowest BCUT2D eigenvalue weighted by Gasteiger charge is -2.21. The van der Waals surface area contributed by atoms with Crippen LogP contribution < -0.4 is 14.8 Å². The van der Waals surface area contributed by atoms with Crippen LogP contribution in [-0.4, -0.2) is 44.7 Å². The van der Waals surface area contributed by atoms with Crippen LogP contribution >= 0.6 is 0 Å². The molecule has 1 aliphatic rings. The number of benzene rings is 1. The van der Waals surface area contributed by atoms with E-state index in [1.807, 2.05) is 18.2 Å². The molecule has 1 atom stereocenters. The number of hydrogen-bond donors (Lipinski definition) is 2. The Kier molecular flexibility index (Phi) is 5.44. The van der Waals surface area contributed by atoms with Crippen molar-refractivity contribution in [3.8, 4) is 11.5 Å². The molecule has 19 heavy (non-hydrogen) atoms. The lowest BCUT2D eigenvalue weighted by atomic mass is 10.1. The van der Waals surface area contributed by atoms with Crippen molar-refractivity contribution in [3.63, 3.8) is 0 Å². The second-order valence-electron chi connectivity index (χ2n) is 4.52. The Morgan fingerprint density at radius 3 is 3.05 bits per heavy atom. The summed E-state index contributed by atoms with van der Waals surface area (Å²) in [6, 6.07) is 5.90. The van der Waals surface area contributed by atoms with Crippen LogP contribution in [0, 0.1) is 0 Å². The van der Waals surface area contributed by atoms with Gasteiger partial charge in [-0.05, 0) is 19.0 Å². The maximum Gasteiger partial charge on any atom is 0.165 e. The van der Waals surface area contributed by atoms with Gasteiger partial charge < -0.3 is 24.6 Å². The van der Waals surface area contributed by atoms with E-state index in [9.17, 15) is 5.11 Å². The summed E-state index contributed by atoms with van der Waals surface area (Å²) in [6.07, 6.45) is 0.252. The van der Waals surface area contributed by atoms with Crippen LogP contribution in [0.3, 0.4) is 0 Å². The highest BCUT2D eigenvalue weighted by Crippen LogP contribution is 2.33. The molecule has 0 saturated heterocycles. The fourth-order valence-corrected chi connectivity index (χ4v) is 2.04. The number of nitrogens with one attached hydrogen (secondary N) is 1. The summed E-state index contributed by atoms with van der Waals surface area (Å²) in [7, 11) is 1.59. The van der Waals surface area contributed by atoms with E-state index in [0.717, 1.165) is 23.6 Å². The smallest absolute Gasteiger partial charge is 0.165 e. The Labute approximate surface area is 113 Å². The molecule has 2 rings (SSSR count). The Hall–Kier alpha value is -1.30. The first-order valence-electron chi connectivity index (χ1n) is 6.56. The lowest BCUT2D eigenvalue weighted by Crippen LogP contribution is -2.24. The second kappa shape index (κ2) is 7.33. The van der Waals surface area contributed by atoms with Gasteiger partial charge in [0.05, 0.1) is 12.7 Å². The maximum atomic E-state index is 9.53. The van der Waals surface area contributed by atoms with Crippen molar-refractivity contribution in [1.82, 2.24) is 5.32 Å². The molecule has 1 unspecified atom stereocenters. The molecular weight excluding hydrogens is 246 g/mol. The van der Waals surface area contributed by atoms with Gasteiger partial charge in [-0.15, -0.1) is 0 Å². The molecule has 5 nitrogen and oxygen atoms in total. The van der Waals surface area contributed by atoms with Gasteiger partial charge in [-0.1, -0.05) is 12.1 Å². The summed E-state index contributed by atoms with van der Waals surface area (Å²) in [6.45, 7) is 3.00. The summed E-state index contributed by atoms with van der Waals surface area (Å²) >= 11 is 0. The summed E-state index contributed by atoms with van der Waals surface area (Å²) in [5.74, 6) is 1.64. The molecule has 0 saturated carbocycles. The first-order valence-corrected chi connectivity index (χ1v) is 6.56. The van der Waals surface area contributed by atoms with Crippen LogP contribution in [-0.2, 0) is 11.3 Å². The highest BCUT2D eigenvalue weighted by molar-refractivity contribution is 5.47. The van der Waals surface area contributed by atoms with E-state index in [2.05, 4.69) is 5.32 Å². The highest BCUT2D eigenvalue weighted by atomic mass is 16.6. The molecule has 0 aromatic heterocycles. The van der Waals surface area contributed by atoms with Crippen molar-refractivity contribution in [2.45, 2.75) is 19.1 Å². The molecule has 106 valence electrons. The summed E-state index contributed by atoms with van der Waals surface area (Å²) < 4.78 is 16.0. The van der Waals surface area contributed by atoms with Gasteiger partial charge in [0.15, 0.2) is 11.5 Å². The number of rotatable bonds is 7. The largest absolute Gasteiger partial charge is 0.486 e. The van der Waals surface area contributed by atoms with E-state index in [4.69, 9.17) is 14.2 Å². The third-order valence-corrected chi connectivity index (χ3v) is 2.98. The van der Waals surface area contributed by atoms with Crippen LogP contribution in [0.2, 0.25) is 0 Å². The number of ether oxygens (including phenoxy) is 3. The third kappa shape index (κ3) is 4.09. The lowest BCUT2D eigenvalue weighted by molar-refractivity contribution is 0.0594. The molecule has 0 amide bonds. The van der Waals surface area contributed by atoms with Gasteiger partial charge in [-0.3, -0.25) is 0 Å². The highest BCUT2D eigenvalue weighted by Gasteiger charge is 2.15. The molecule has 5 heteroatoms. The molecule has 1 aliphatic heterocycles. The average molecular weight is 267 g/mol. The zero-order valence-electron chi connectivity index (χ0n) is 11.2. The summed E-state index contributed by atoms with van der Waals surface area (Å²) in [5, 5.41) is 12.8. The van der Waals surface area contributed by atoms with Gasteiger partial charge in [0, 0.05) is 19.2 Å². The average Bonchev–Trinajstić information content (AvgIpc) is 2.44. The molecule has 1 heterocycles. The van der Waals surface area contributed by atoms with Gasteiger partial charge in [0.1, 0.15) is 13.2 Å². The van der Waals surface area contributed by atoms with Gasteiger partial charge in [0.25, 0.3) is 0 Å². The quantitative estimate of drug-likeness (QED) is 0.720. The molecule has 0 fully saturated rings. The minimum absolute atomic E-state index is 0.374. The van der Waals surface area contributed by atoms with Crippen molar-refractivity contribution in [3.05, 3.63) is 23.8 Å². The van der Waals surface area contributed by atoms with Gasteiger partial charge in [0.2, 0.25) is 0 Å². The molecule has 0 radical (unpaired) electrons. The van der Waals surface area contributed by atoms with Crippen LogP contribution in [0.5, 0.6) is 11.5 Å². The summed E-state index contributed by atoms with van der Waals surface area (Å²) in [5.41, 5.74) is 1.08. The van der Waals surface area contributed by atoms with E-state index in [1.165, 1.54) is 0 Å². The Morgan fingerprint density at radius 2 is 2.21 bits per heavy atom. The molecule has 2 N–H and O–H groups in total. The van der Waals surface area contributed by atoms with E-state index in [-0.39, 0.29) is 0 Å². The minimum atomic E-state index is -0.415. The van der Waals surface area contributed by atoms with E-state index in [1.54, 1.807) is 7.11 Å². The zero-order chi connectivity index (χ0) is 13.5. The minimum Gasteiger partial charge on any atom is -0.486 e. The summed E-state index contributed by atoms with van der Waals surface area (Å²) in [4.78, 5) is 0. The van der Waals surface area contributed by atoms with E-state index >= 15 is 0 Å². The van der Waals surface area contributed by atoms with Gasteiger partial charge >= 0.3 is 0 Å². The molecule has 0 bridgehead atoms. The third-order valence-electron chi connectivity index (χ3n) is 2.98. The zero-order valence-corrected chi connectivity index (χ0v) is 11.2. The normalized spacial score (nSPS) is 15.3. The van der Waals surface area contributed by atoms with E-state index < -0.39 is 6.10 Å². The fourth-order valence-electron chi connectivity index (χ4n) is 2.04. The second-order valence-corrected chi connectivity index (χ2v) is 4.52. The van der Waals surface area contributed by atoms with Gasteiger partial charge in [-0.2, -0.15) is 0 Å². The SMILES string of the molecule is COCC(O)CCNCc1cccc2c1OCCO2. The molecule has 0 aliphatic carbocycles. The number of hydrogen-bond acceptors (Lipinski definition) is 5. The molecular formula is C14H21NO4. The monoisotopic (exact) mass is 267 g/mol. The topological polar surface area (TPSA) is 60.0 Å². The van der Waals surface area contributed by atoms with Crippen LogP contribution in [0.1, 0.15) is 12.0 Å². The Morgan fingerprint density at radius 1 is 1.37 bits per heavy atom. The fraction of sp³-hybridized carbons (Fsp3) is 0.571. The molecule has 0 spiro atoms. The Balaban J connectivity index is 1.80. The van der Waals surface area contributed by atoms with Crippen molar-refractivity contribution in [2.75, 3.05) is 33.5 Å². The maximum absolute atomic E-state index is 9.53. The first kappa shape index (κ1) is 14.1. The van der Waals surface area contributed by atoms with Crippen LogP contribution in [0.4, 0.5) is 0 Å². The molecule has 1 aromatic carbocycles. The van der Waals surface area contributed by atoms with Crippen LogP contribution in [0.15, 0.2) is 18.2 Å². The number of methoxy groups -OCH3 is 1. The predicted octanol–water partition coefficient (Wildman–Crippen LogP) is 0.945. The van der Waals surface area contributed by atoms with Crippen LogP contribution in [0.25, 0.3) is 0 Å². The van der Waals surface area contributed by atoms with Crippen molar-refractivity contribution in [2.24, 2.45) is 0 Å². The first-order chi connectivity index (χ1) is 9.31. The Bertz CT molecular complexity index is 397. The van der Waals surface area contributed by atoms with Crippen molar-refractivity contribution < 1.29 is 19.3 Å². The number of aliphatic hydroxyl groups is 1. The predicted molar refractivity (Wildman–Crippen MR) is 71.6 cm³/mol. The number of para-hydroxylation sites is 1. The van der Waals surface area contributed by atoms with Crippen molar-refractivity contribution in [1.29, 1.82) is 0 Å².